The first-order valence-corrected chi connectivity index (χ1v) is 7.88. The summed E-state index contributed by atoms with van der Waals surface area (Å²) in [5.41, 5.74) is 9.93. The van der Waals surface area contributed by atoms with Crippen molar-refractivity contribution in [2.75, 3.05) is 5.73 Å². The lowest BCUT2D eigenvalue weighted by atomic mass is 10.1. The molecule has 4 aromatic rings. The molecule has 1 amide bonds. The number of nitrogen functional groups attached to an aromatic ring is 1. The third-order valence-electron chi connectivity index (χ3n) is 4.03. The average Bonchev–Trinajstić information content (AvgIpc) is 3.29. The Labute approximate surface area is 144 Å². The number of carbonyl (C=O) groups is 1. The van der Waals surface area contributed by atoms with E-state index in [1.807, 2.05) is 36.4 Å². The SMILES string of the molecule is Nc1ccc(CNC(=O)c2cc3ccc(-c4ccoc4)cc3o2)cc1. The molecule has 0 saturated carbocycles. The lowest BCUT2D eigenvalue weighted by molar-refractivity contribution is 0.0925. The molecule has 0 atom stereocenters. The number of nitrogens with one attached hydrogen (secondary N) is 1. The highest BCUT2D eigenvalue weighted by Gasteiger charge is 2.13. The van der Waals surface area contributed by atoms with Crippen LogP contribution in [-0.2, 0) is 6.54 Å². The predicted molar refractivity (Wildman–Crippen MR) is 95.9 cm³/mol. The van der Waals surface area contributed by atoms with Gasteiger partial charge in [0.2, 0.25) is 0 Å². The van der Waals surface area contributed by atoms with Gasteiger partial charge in [-0.2, -0.15) is 0 Å². The molecule has 0 fully saturated rings. The van der Waals surface area contributed by atoms with Crippen LogP contribution >= 0.6 is 0 Å². The highest BCUT2D eigenvalue weighted by Crippen LogP contribution is 2.27. The Hall–Kier alpha value is -3.47. The van der Waals surface area contributed by atoms with Crippen LogP contribution < -0.4 is 11.1 Å². The quantitative estimate of drug-likeness (QED) is 0.549. The van der Waals surface area contributed by atoms with E-state index in [-0.39, 0.29) is 11.7 Å². The van der Waals surface area contributed by atoms with E-state index in [9.17, 15) is 4.79 Å². The lowest BCUT2D eigenvalue weighted by Crippen LogP contribution is -2.22. The largest absolute Gasteiger partial charge is 0.472 e. The van der Waals surface area contributed by atoms with Crippen molar-refractivity contribution in [1.82, 2.24) is 5.32 Å². The van der Waals surface area contributed by atoms with Crippen LogP contribution in [0.25, 0.3) is 22.1 Å². The molecule has 0 saturated heterocycles. The number of furan rings is 2. The molecule has 5 heteroatoms. The molecule has 2 heterocycles. The van der Waals surface area contributed by atoms with Crippen LogP contribution in [0.2, 0.25) is 0 Å². The van der Waals surface area contributed by atoms with Gasteiger partial charge in [-0.25, -0.2) is 0 Å². The maximum Gasteiger partial charge on any atom is 0.287 e. The van der Waals surface area contributed by atoms with E-state index >= 15 is 0 Å². The third-order valence-corrected chi connectivity index (χ3v) is 4.03. The maximum atomic E-state index is 12.3. The van der Waals surface area contributed by atoms with Crippen molar-refractivity contribution < 1.29 is 13.6 Å². The Morgan fingerprint density at radius 3 is 2.60 bits per heavy atom. The van der Waals surface area contributed by atoms with Gasteiger partial charge in [0.1, 0.15) is 5.58 Å². The number of fused-ring (bicyclic) bond motifs is 1. The molecule has 0 aliphatic rings. The van der Waals surface area contributed by atoms with Gasteiger partial charge >= 0.3 is 0 Å². The third kappa shape index (κ3) is 3.12. The molecule has 0 aliphatic carbocycles. The highest BCUT2D eigenvalue weighted by atomic mass is 16.3. The van der Waals surface area contributed by atoms with E-state index in [4.69, 9.17) is 14.6 Å². The molecular weight excluding hydrogens is 316 g/mol. The number of hydrogen-bond acceptors (Lipinski definition) is 4. The Morgan fingerprint density at radius 1 is 1.00 bits per heavy atom. The molecule has 4 rings (SSSR count). The number of nitrogens with two attached hydrogens (primary N) is 1. The second-order valence-corrected chi connectivity index (χ2v) is 5.80. The minimum absolute atomic E-state index is 0.252. The Balaban J connectivity index is 1.52. The summed E-state index contributed by atoms with van der Waals surface area (Å²) in [5.74, 6) is 0.0349. The lowest BCUT2D eigenvalue weighted by Gasteiger charge is -2.03. The van der Waals surface area contributed by atoms with E-state index in [0.29, 0.717) is 17.8 Å². The Bertz CT molecular complexity index is 1010. The van der Waals surface area contributed by atoms with E-state index in [0.717, 1.165) is 22.1 Å². The fraction of sp³-hybridized carbons (Fsp3) is 0.0500. The zero-order valence-corrected chi connectivity index (χ0v) is 13.4. The number of benzene rings is 2. The maximum absolute atomic E-state index is 12.3. The van der Waals surface area contributed by atoms with Gasteiger partial charge in [-0.3, -0.25) is 4.79 Å². The summed E-state index contributed by atoms with van der Waals surface area (Å²) in [7, 11) is 0. The fourth-order valence-corrected chi connectivity index (χ4v) is 2.66. The van der Waals surface area contributed by atoms with Gasteiger partial charge in [-0.15, -0.1) is 0 Å². The van der Waals surface area contributed by atoms with Gasteiger partial charge in [-0.05, 0) is 41.5 Å². The minimum atomic E-state index is -0.252. The van der Waals surface area contributed by atoms with Crippen molar-refractivity contribution in [2.24, 2.45) is 0 Å². The topological polar surface area (TPSA) is 81.4 Å². The van der Waals surface area contributed by atoms with Gasteiger partial charge in [0.05, 0.1) is 12.5 Å². The minimum Gasteiger partial charge on any atom is -0.472 e. The second-order valence-electron chi connectivity index (χ2n) is 5.80. The molecule has 124 valence electrons. The Kier molecular flexibility index (Phi) is 3.74. The Morgan fingerprint density at radius 2 is 1.84 bits per heavy atom. The summed E-state index contributed by atoms with van der Waals surface area (Å²) in [6.45, 7) is 0.413. The molecule has 25 heavy (non-hydrogen) atoms. The standard InChI is InChI=1S/C20H16N2O3/c21-17-5-1-13(2-6-17)11-22-20(23)19-10-15-4-3-14(9-18(15)25-19)16-7-8-24-12-16/h1-10,12H,11,21H2,(H,22,23). The van der Waals surface area contributed by atoms with Crippen molar-refractivity contribution >= 4 is 22.6 Å². The van der Waals surface area contributed by atoms with Crippen molar-refractivity contribution in [1.29, 1.82) is 0 Å². The van der Waals surface area contributed by atoms with Crippen molar-refractivity contribution in [3.8, 4) is 11.1 Å². The molecule has 0 unspecified atom stereocenters. The van der Waals surface area contributed by atoms with Crippen molar-refractivity contribution in [2.45, 2.75) is 6.54 Å². The molecule has 5 nitrogen and oxygen atoms in total. The van der Waals surface area contributed by atoms with Gasteiger partial charge in [0.25, 0.3) is 5.91 Å². The molecule has 2 aromatic heterocycles. The normalized spacial score (nSPS) is 10.9. The number of amides is 1. The van der Waals surface area contributed by atoms with Crippen molar-refractivity contribution in [3.05, 3.63) is 78.4 Å². The first-order valence-electron chi connectivity index (χ1n) is 7.88. The number of rotatable bonds is 4. The fourth-order valence-electron chi connectivity index (χ4n) is 2.66. The van der Waals surface area contributed by atoms with Gasteiger partial charge in [0.15, 0.2) is 5.76 Å². The molecule has 0 aliphatic heterocycles. The van der Waals surface area contributed by atoms with Gasteiger partial charge in [0, 0.05) is 23.2 Å². The highest BCUT2D eigenvalue weighted by molar-refractivity contribution is 5.96. The van der Waals surface area contributed by atoms with Crippen LogP contribution in [0.15, 0.2) is 76.0 Å². The first-order chi connectivity index (χ1) is 12.2. The summed E-state index contributed by atoms with van der Waals surface area (Å²) < 4.78 is 10.8. The van der Waals surface area contributed by atoms with Crippen LogP contribution in [-0.4, -0.2) is 5.91 Å². The van der Waals surface area contributed by atoms with Gasteiger partial charge in [-0.1, -0.05) is 24.3 Å². The zero-order chi connectivity index (χ0) is 17.2. The van der Waals surface area contributed by atoms with Crippen LogP contribution in [0.4, 0.5) is 5.69 Å². The molecule has 0 spiro atoms. The van der Waals surface area contributed by atoms with Crippen molar-refractivity contribution in [3.63, 3.8) is 0 Å². The summed E-state index contributed by atoms with van der Waals surface area (Å²) in [5, 5.41) is 3.73. The van der Waals surface area contributed by atoms with Gasteiger partial charge < -0.3 is 19.9 Å². The van der Waals surface area contributed by atoms with Crippen LogP contribution in [0.5, 0.6) is 0 Å². The average molecular weight is 332 g/mol. The van der Waals surface area contributed by atoms with Crippen LogP contribution in [0.3, 0.4) is 0 Å². The van der Waals surface area contributed by atoms with E-state index < -0.39 is 0 Å². The number of carbonyl (C=O) groups excluding carboxylic acids is 1. The van der Waals surface area contributed by atoms with E-state index in [1.165, 1.54) is 0 Å². The molecule has 2 aromatic carbocycles. The molecule has 0 radical (unpaired) electrons. The van der Waals surface area contributed by atoms with Crippen LogP contribution in [0, 0.1) is 0 Å². The summed E-state index contributed by atoms with van der Waals surface area (Å²) in [6.07, 6.45) is 3.29. The van der Waals surface area contributed by atoms with E-state index in [1.54, 1.807) is 30.7 Å². The zero-order valence-electron chi connectivity index (χ0n) is 13.4. The summed E-state index contributed by atoms with van der Waals surface area (Å²) >= 11 is 0. The summed E-state index contributed by atoms with van der Waals surface area (Å²) in [6, 6.07) is 16.8. The molecular formula is C20H16N2O3. The van der Waals surface area contributed by atoms with Crippen LogP contribution in [0.1, 0.15) is 16.1 Å². The predicted octanol–water partition coefficient (Wildman–Crippen LogP) is 4.21. The smallest absolute Gasteiger partial charge is 0.287 e. The molecule has 3 N–H and O–H groups in total. The summed E-state index contributed by atoms with van der Waals surface area (Å²) in [4.78, 5) is 12.3. The monoisotopic (exact) mass is 332 g/mol. The molecule has 0 bridgehead atoms. The number of anilines is 1. The van der Waals surface area contributed by atoms with E-state index in [2.05, 4.69) is 5.32 Å². The number of hydrogen-bond donors (Lipinski definition) is 2. The first kappa shape index (κ1) is 15.1. The second kappa shape index (κ2) is 6.20.